The predicted octanol–water partition coefficient (Wildman–Crippen LogP) is 5.76. The molecule has 1 saturated heterocycles. The summed E-state index contributed by atoms with van der Waals surface area (Å²) in [6, 6.07) is 17.9. The van der Waals surface area contributed by atoms with Crippen molar-refractivity contribution in [2.45, 2.75) is 32.9 Å². The maximum Gasteiger partial charge on any atom is 0.573 e. The van der Waals surface area contributed by atoms with Crippen molar-refractivity contribution < 1.29 is 31.8 Å². The number of carbonyl (C=O) groups excluding carboxylic acids is 1. The first-order valence-corrected chi connectivity index (χ1v) is 12.9. The molecule has 11 heteroatoms. The molecule has 0 bridgehead atoms. The summed E-state index contributed by atoms with van der Waals surface area (Å²) >= 11 is 0. The molecule has 0 N–H and O–H groups in total. The lowest BCUT2D eigenvalue weighted by Crippen LogP contribution is -2.48. The largest absolute Gasteiger partial charge is 0.573 e. The highest BCUT2D eigenvalue weighted by molar-refractivity contribution is 5.81. The number of piperazine rings is 1. The van der Waals surface area contributed by atoms with Crippen LogP contribution in [0.3, 0.4) is 0 Å². The molecule has 0 saturated carbocycles. The van der Waals surface area contributed by atoms with Gasteiger partial charge in [-0.2, -0.15) is 0 Å². The second kappa shape index (κ2) is 11.4. The van der Waals surface area contributed by atoms with Crippen LogP contribution in [-0.4, -0.2) is 52.9 Å². The Kier molecular flexibility index (Phi) is 7.81. The molecule has 0 radical (unpaired) electrons. The third-order valence-electron chi connectivity index (χ3n) is 6.78. The summed E-state index contributed by atoms with van der Waals surface area (Å²) < 4.78 is 64.9. The standard InChI is InChI=1S/C29H28F4N4O3/c1-2-28(38)36-14-12-35(13-15-36)25-17-26-24(16-23(25)30)34-27(19-39-21-6-4-3-5-7-21)37(26)18-20-8-10-22(11-9-20)40-29(31,32)33/h3-11,16-17H,2,12-15,18-19H2,1H3. The van der Waals surface area contributed by atoms with E-state index in [1.54, 1.807) is 23.1 Å². The Labute approximate surface area is 228 Å². The zero-order valence-corrected chi connectivity index (χ0v) is 21.8. The number of ether oxygens (including phenoxy) is 2. The van der Waals surface area contributed by atoms with E-state index in [9.17, 15) is 18.0 Å². The Morgan fingerprint density at radius 3 is 2.30 bits per heavy atom. The van der Waals surface area contributed by atoms with Gasteiger partial charge in [0, 0.05) is 45.2 Å². The van der Waals surface area contributed by atoms with Crippen molar-refractivity contribution in [2.75, 3.05) is 31.1 Å². The zero-order chi connectivity index (χ0) is 28.3. The molecule has 210 valence electrons. The Morgan fingerprint density at radius 1 is 0.950 bits per heavy atom. The van der Waals surface area contributed by atoms with Crippen LogP contribution in [0.25, 0.3) is 11.0 Å². The smallest absolute Gasteiger partial charge is 0.486 e. The molecule has 2 heterocycles. The molecule has 1 aliphatic heterocycles. The summed E-state index contributed by atoms with van der Waals surface area (Å²) in [5, 5.41) is 0. The van der Waals surface area contributed by atoms with Gasteiger partial charge in [0.05, 0.1) is 16.7 Å². The van der Waals surface area contributed by atoms with Crippen LogP contribution >= 0.6 is 0 Å². The molecule has 1 amide bonds. The van der Waals surface area contributed by atoms with Gasteiger partial charge in [0.15, 0.2) is 0 Å². The molecule has 40 heavy (non-hydrogen) atoms. The zero-order valence-electron chi connectivity index (χ0n) is 21.8. The van der Waals surface area contributed by atoms with Gasteiger partial charge in [0.1, 0.15) is 29.7 Å². The van der Waals surface area contributed by atoms with Gasteiger partial charge < -0.3 is 23.8 Å². The van der Waals surface area contributed by atoms with Gasteiger partial charge in [0.2, 0.25) is 5.91 Å². The first-order valence-electron chi connectivity index (χ1n) is 12.9. The second-order valence-corrected chi connectivity index (χ2v) is 9.42. The molecular weight excluding hydrogens is 528 g/mol. The lowest BCUT2D eigenvalue weighted by atomic mass is 10.2. The molecule has 1 aliphatic rings. The number of aromatic nitrogens is 2. The Morgan fingerprint density at radius 2 is 1.65 bits per heavy atom. The monoisotopic (exact) mass is 556 g/mol. The summed E-state index contributed by atoms with van der Waals surface area (Å²) in [7, 11) is 0. The van der Waals surface area contributed by atoms with Crippen molar-refractivity contribution in [3.63, 3.8) is 0 Å². The maximum atomic E-state index is 15.3. The number of fused-ring (bicyclic) bond motifs is 1. The lowest BCUT2D eigenvalue weighted by molar-refractivity contribution is -0.274. The van der Waals surface area contributed by atoms with E-state index >= 15 is 4.39 Å². The summed E-state index contributed by atoms with van der Waals surface area (Å²) in [6.45, 7) is 4.18. The number of carbonyl (C=O) groups is 1. The van der Waals surface area contributed by atoms with Crippen molar-refractivity contribution >= 4 is 22.6 Å². The number of hydrogen-bond donors (Lipinski definition) is 0. The van der Waals surface area contributed by atoms with E-state index in [0.29, 0.717) is 66.5 Å². The van der Waals surface area contributed by atoms with Gasteiger partial charge >= 0.3 is 6.36 Å². The lowest BCUT2D eigenvalue weighted by Gasteiger charge is -2.36. The highest BCUT2D eigenvalue weighted by Crippen LogP contribution is 2.30. The van der Waals surface area contributed by atoms with Crippen molar-refractivity contribution in [1.82, 2.24) is 14.5 Å². The van der Waals surface area contributed by atoms with E-state index in [2.05, 4.69) is 9.72 Å². The first kappa shape index (κ1) is 27.3. The predicted molar refractivity (Wildman–Crippen MR) is 142 cm³/mol. The van der Waals surface area contributed by atoms with E-state index in [-0.39, 0.29) is 24.8 Å². The number of imidazole rings is 1. The van der Waals surface area contributed by atoms with Crippen molar-refractivity contribution in [3.8, 4) is 11.5 Å². The minimum atomic E-state index is -4.78. The molecule has 1 fully saturated rings. The van der Waals surface area contributed by atoms with Crippen LogP contribution in [0.4, 0.5) is 23.2 Å². The van der Waals surface area contributed by atoms with Gasteiger partial charge in [0.25, 0.3) is 0 Å². The van der Waals surface area contributed by atoms with Crippen molar-refractivity contribution in [3.05, 3.63) is 83.9 Å². The fraction of sp³-hybridized carbons (Fsp3) is 0.310. The number of nitrogens with zero attached hydrogens (tertiary/aromatic N) is 4. The molecule has 4 aromatic rings. The average molecular weight is 557 g/mol. The number of hydrogen-bond acceptors (Lipinski definition) is 5. The Bertz CT molecular complexity index is 1460. The quantitative estimate of drug-likeness (QED) is 0.259. The fourth-order valence-corrected chi connectivity index (χ4v) is 4.78. The normalized spacial score (nSPS) is 14.0. The van der Waals surface area contributed by atoms with Gasteiger partial charge in [-0.15, -0.1) is 13.2 Å². The second-order valence-electron chi connectivity index (χ2n) is 9.42. The molecule has 3 aromatic carbocycles. The minimum absolute atomic E-state index is 0.0726. The van der Waals surface area contributed by atoms with Crippen LogP contribution < -0.4 is 14.4 Å². The van der Waals surface area contributed by atoms with Gasteiger partial charge in [-0.05, 0) is 35.9 Å². The van der Waals surface area contributed by atoms with Crippen LogP contribution in [0, 0.1) is 5.82 Å². The number of rotatable bonds is 8. The number of amides is 1. The van der Waals surface area contributed by atoms with Crippen LogP contribution in [-0.2, 0) is 17.9 Å². The topological polar surface area (TPSA) is 59.8 Å². The molecule has 1 aromatic heterocycles. The van der Waals surface area contributed by atoms with Crippen LogP contribution in [0.15, 0.2) is 66.7 Å². The van der Waals surface area contributed by atoms with E-state index in [4.69, 9.17) is 4.74 Å². The van der Waals surface area contributed by atoms with Crippen LogP contribution in [0.2, 0.25) is 0 Å². The van der Waals surface area contributed by atoms with Crippen LogP contribution in [0.5, 0.6) is 11.5 Å². The first-order chi connectivity index (χ1) is 19.2. The third kappa shape index (κ3) is 6.30. The van der Waals surface area contributed by atoms with Gasteiger partial charge in [-0.1, -0.05) is 37.3 Å². The summed E-state index contributed by atoms with van der Waals surface area (Å²) in [4.78, 5) is 20.4. The number of para-hydroxylation sites is 1. The number of halogens is 4. The summed E-state index contributed by atoms with van der Waals surface area (Å²) in [5.74, 6) is 0.509. The van der Waals surface area contributed by atoms with E-state index < -0.39 is 12.2 Å². The van der Waals surface area contributed by atoms with Gasteiger partial charge in [-0.3, -0.25) is 4.79 Å². The van der Waals surface area contributed by atoms with E-state index in [0.717, 1.165) is 0 Å². The highest BCUT2D eigenvalue weighted by Gasteiger charge is 2.31. The molecule has 0 spiro atoms. The average Bonchev–Trinajstić information content (AvgIpc) is 3.27. The minimum Gasteiger partial charge on any atom is -0.486 e. The molecule has 7 nitrogen and oxygen atoms in total. The number of alkyl halides is 3. The molecule has 0 aliphatic carbocycles. The molecule has 0 unspecified atom stereocenters. The number of anilines is 1. The van der Waals surface area contributed by atoms with Gasteiger partial charge in [-0.25, -0.2) is 9.37 Å². The van der Waals surface area contributed by atoms with E-state index in [1.807, 2.05) is 46.7 Å². The van der Waals surface area contributed by atoms with E-state index in [1.165, 1.54) is 18.2 Å². The maximum absolute atomic E-state index is 15.3. The Balaban J connectivity index is 1.46. The SMILES string of the molecule is CCC(=O)N1CCN(c2cc3c(cc2F)nc(COc2ccccc2)n3Cc2ccc(OC(F)(F)F)cc2)CC1. The molecule has 0 atom stereocenters. The summed E-state index contributed by atoms with van der Waals surface area (Å²) in [6.07, 6.45) is -4.35. The van der Waals surface area contributed by atoms with Crippen LogP contribution in [0.1, 0.15) is 24.7 Å². The highest BCUT2D eigenvalue weighted by atomic mass is 19.4. The fourth-order valence-electron chi connectivity index (χ4n) is 4.78. The van der Waals surface area contributed by atoms with Crippen molar-refractivity contribution in [2.24, 2.45) is 0 Å². The summed E-state index contributed by atoms with van der Waals surface area (Å²) in [5.41, 5.74) is 2.20. The molecular formula is C29H28F4N4O3. The molecule has 5 rings (SSSR count). The number of benzene rings is 3. The third-order valence-corrected chi connectivity index (χ3v) is 6.78. The van der Waals surface area contributed by atoms with Crippen molar-refractivity contribution in [1.29, 1.82) is 0 Å². The Hall–Kier alpha value is -4.28.